The Balaban J connectivity index is 1.92. The molecule has 2 aromatic carbocycles. The van der Waals surface area contributed by atoms with Gasteiger partial charge in [0.2, 0.25) is 21.8 Å². The first-order valence-corrected chi connectivity index (χ1v) is 13.8. The molecule has 2 amide bonds. The molecule has 1 aliphatic carbocycles. The van der Waals surface area contributed by atoms with E-state index in [1.54, 1.807) is 32.0 Å². The van der Waals surface area contributed by atoms with Crippen molar-refractivity contribution in [2.75, 3.05) is 17.1 Å². The van der Waals surface area contributed by atoms with Crippen LogP contribution in [0.15, 0.2) is 42.5 Å². The zero-order valence-electron chi connectivity index (χ0n) is 20.1. The second-order valence-corrected chi connectivity index (χ2v) is 11.3. The number of aryl methyl sites for hydroxylation is 1. The highest BCUT2D eigenvalue weighted by molar-refractivity contribution is 7.92. The second kappa shape index (κ2) is 11.4. The molecule has 10 heteroatoms. The highest BCUT2D eigenvalue weighted by Crippen LogP contribution is 2.27. The summed E-state index contributed by atoms with van der Waals surface area (Å²) in [6.07, 6.45) is 4.79. The fourth-order valence-corrected chi connectivity index (χ4v) is 5.30. The second-order valence-electron chi connectivity index (χ2n) is 8.98. The number of rotatable bonds is 9. The molecule has 1 unspecified atom stereocenters. The molecule has 0 saturated heterocycles. The normalized spacial score (nSPS) is 15.0. The molecule has 7 nitrogen and oxygen atoms in total. The van der Waals surface area contributed by atoms with Gasteiger partial charge >= 0.3 is 0 Å². The summed E-state index contributed by atoms with van der Waals surface area (Å²) in [6.45, 7) is 2.54. The van der Waals surface area contributed by atoms with Crippen molar-refractivity contribution in [1.82, 2.24) is 10.2 Å². The first-order valence-electron chi connectivity index (χ1n) is 11.5. The van der Waals surface area contributed by atoms with Gasteiger partial charge in [-0.3, -0.25) is 13.9 Å². The summed E-state index contributed by atoms with van der Waals surface area (Å²) in [7, 11) is -3.88. The lowest BCUT2D eigenvalue weighted by atomic mass is 10.1. The van der Waals surface area contributed by atoms with E-state index in [-0.39, 0.29) is 29.7 Å². The molecule has 0 aliphatic heterocycles. The largest absolute Gasteiger partial charge is 0.352 e. The Bertz CT molecular complexity index is 1180. The molecule has 1 atom stereocenters. The first kappa shape index (κ1) is 26.9. The summed E-state index contributed by atoms with van der Waals surface area (Å²) >= 11 is 6.10. The molecule has 0 bridgehead atoms. The third-order valence-corrected chi connectivity index (χ3v) is 7.65. The number of hydrogen-bond acceptors (Lipinski definition) is 4. The molecule has 1 N–H and O–H groups in total. The smallest absolute Gasteiger partial charge is 0.244 e. The molecule has 35 heavy (non-hydrogen) atoms. The van der Waals surface area contributed by atoms with E-state index < -0.39 is 34.3 Å². The van der Waals surface area contributed by atoms with Crippen LogP contribution in [0.1, 0.15) is 43.7 Å². The molecular weight excluding hydrogens is 493 g/mol. The van der Waals surface area contributed by atoms with Crippen LogP contribution < -0.4 is 9.62 Å². The molecule has 0 radical (unpaired) electrons. The zero-order valence-corrected chi connectivity index (χ0v) is 21.7. The van der Waals surface area contributed by atoms with Crippen molar-refractivity contribution < 1.29 is 22.4 Å². The summed E-state index contributed by atoms with van der Waals surface area (Å²) in [4.78, 5) is 27.8. The van der Waals surface area contributed by atoms with E-state index in [0.29, 0.717) is 10.6 Å². The predicted molar refractivity (Wildman–Crippen MR) is 135 cm³/mol. The molecule has 2 aromatic rings. The third-order valence-electron chi connectivity index (χ3n) is 6.29. The van der Waals surface area contributed by atoms with E-state index in [0.717, 1.165) is 36.2 Å². The van der Waals surface area contributed by atoms with Crippen LogP contribution >= 0.6 is 11.6 Å². The van der Waals surface area contributed by atoms with Crippen molar-refractivity contribution in [2.45, 2.75) is 58.2 Å². The summed E-state index contributed by atoms with van der Waals surface area (Å²) in [5.74, 6) is -1.50. The monoisotopic (exact) mass is 523 g/mol. The highest BCUT2D eigenvalue weighted by atomic mass is 35.5. The lowest BCUT2D eigenvalue weighted by Crippen LogP contribution is -2.52. The first-order chi connectivity index (χ1) is 16.5. The molecule has 0 spiro atoms. The lowest BCUT2D eigenvalue weighted by molar-refractivity contribution is -0.139. The number of halogens is 2. The van der Waals surface area contributed by atoms with E-state index in [2.05, 4.69) is 5.32 Å². The standard InChI is InChI=1S/C25H31ClFN3O4S/c1-17-12-13-20(26)14-23(17)30(35(3,33)34)16-24(31)29(15-19-8-4-7-11-22(19)27)18(2)25(32)28-21-9-5-6-10-21/h4,7-8,11-14,18,21H,5-6,9-10,15-16H2,1-3H3,(H,28,32). The number of carbonyl (C=O) groups excluding carboxylic acids is 2. The van der Waals surface area contributed by atoms with Crippen LogP contribution in [0, 0.1) is 12.7 Å². The van der Waals surface area contributed by atoms with Gasteiger partial charge in [0.15, 0.2) is 0 Å². The number of nitrogens with zero attached hydrogens (tertiary/aromatic N) is 2. The Hall–Kier alpha value is -2.65. The molecule has 1 aliphatic rings. The fraction of sp³-hybridized carbons (Fsp3) is 0.440. The van der Waals surface area contributed by atoms with Gasteiger partial charge in [0, 0.05) is 23.2 Å². The van der Waals surface area contributed by atoms with Crippen LogP contribution in [0.4, 0.5) is 10.1 Å². The fourth-order valence-electron chi connectivity index (χ4n) is 4.23. The molecule has 190 valence electrons. The molecular formula is C25H31ClFN3O4S. The van der Waals surface area contributed by atoms with Gasteiger partial charge in [-0.15, -0.1) is 0 Å². The summed E-state index contributed by atoms with van der Waals surface area (Å²) in [5.41, 5.74) is 1.11. The van der Waals surface area contributed by atoms with Crippen molar-refractivity contribution >= 4 is 39.1 Å². The molecule has 3 rings (SSSR count). The number of benzene rings is 2. The number of anilines is 1. The van der Waals surface area contributed by atoms with Gasteiger partial charge in [-0.25, -0.2) is 12.8 Å². The Morgan fingerprint density at radius 2 is 1.83 bits per heavy atom. The van der Waals surface area contributed by atoms with E-state index in [1.807, 2.05) is 0 Å². The number of amides is 2. The average Bonchev–Trinajstić information content (AvgIpc) is 3.30. The Labute approximate surface area is 211 Å². The number of carbonyl (C=O) groups is 2. The molecule has 1 saturated carbocycles. The summed E-state index contributed by atoms with van der Waals surface area (Å²) < 4.78 is 40.8. The topological polar surface area (TPSA) is 86.8 Å². The van der Waals surface area contributed by atoms with Crippen molar-refractivity contribution in [2.24, 2.45) is 0 Å². The van der Waals surface area contributed by atoms with Crippen molar-refractivity contribution in [3.63, 3.8) is 0 Å². The Morgan fingerprint density at radius 1 is 1.17 bits per heavy atom. The van der Waals surface area contributed by atoms with Crippen LogP contribution in [-0.4, -0.2) is 50.0 Å². The Kier molecular flexibility index (Phi) is 8.77. The minimum atomic E-state index is -3.88. The Morgan fingerprint density at radius 3 is 2.46 bits per heavy atom. The van der Waals surface area contributed by atoms with E-state index in [4.69, 9.17) is 11.6 Å². The third kappa shape index (κ3) is 6.95. The molecule has 0 aromatic heterocycles. The highest BCUT2D eigenvalue weighted by Gasteiger charge is 2.32. The van der Waals surface area contributed by atoms with Crippen molar-refractivity contribution in [3.05, 3.63) is 64.4 Å². The van der Waals surface area contributed by atoms with Crippen LogP contribution in [0.2, 0.25) is 5.02 Å². The zero-order chi connectivity index (χ0) is 25.8. The van der Waals surface area contributed by atoms with Crippen LogP contribution in [0.3, 0.4) is 0 Å². The van der Waals surface area contributed by atoms with E-state index in [9.17, 15) is 22.4 Å². The number of hydrogen-bond donors (Lipinski definition) is 1. The van der Waals surface area contributed by atoms with Crippen molar-refractivity contribution in [1.29, 1.82) is 0 Å². The van der Waals surface area contributed by atoms with Gasteiger partial charge in [0.25, 0.3) is 0 Å². The van der Waals surface area contributed by atoms with E-state index >= 15 is 0 Å². The minimum Gasteiger partial charge on any atom is -0.352 e. The van der Waals surface area contributed by atoms with E-state index in [1.165, 1.54) is 29.2 Å². The van der Waals surface area contributed by atoms with Gasteiger partial charge in [-0.1, -0.05) is 48.7 Å². The SMILES string of the molecule is Cc1ccc(Cl)cc1N(CC(=O)N(Cc1ccccc1F)C(C)C(=O)NC1CCCC1)S(C)(=O)=O. The van der Waals surface area contributed by atoms with Crippen LogP contribution in [0.5, 0.6) is 0 Å². The van der Waals surface area contributed by atoms with Crippen LogP contribution in [0.25, 0.3) is 0 Å². The molecule has 1 fully saturated rings. The van der Waals surface area contributed by atoms with Crippen LogP contribution in [-0.2, 0) is 26.2 Å². The van der Waals surface area contributed by atoms with Gasteiger partial charge in [-0.05, 0) is 50.5 Å². The van der Waals surface area contributed by atoms with Gasteiger partial charge in [-0.2, -0.15) is 0 Å². The minimum absolute atomic E-state index is 0.0389. The maximum atomic E-state index is 14.5. The van der Waals surface area contributed by atoms with Crippen molar-refractivity contribution in [3.8, 4) is 0 Å². The predicted octanol–water partition coefficient (Wildman–Crippen LogP) is 4.03. The molecule has 0 heterocycles. The number of sulfonamides is 1. The maximum absolute atomic E-state index is 14.5. The summed E-state index contributed by atoms with van der Waals surface area (Å²) in [6, 6.07) is 9.85. The number of nitrogens with one attached hydrogen (secondary N) is 1. The maximum Gasteiger partial charge on any atom is 0.244 e. The quantitative estimate of drug-likeness (QED) is 0.537. The summed E-state index contributed by atoms with van der Waals surface area (Å²) in [5, 5.41) is 3.29. The van der Waals surface area contributed by atoms with Gasteiger partial charge < -0.3 is 10.2 Å². The lowest BCUT2D eigenvalue weighted by Gasteiger charge is -2.32. The average molecular weight is 524 g/mol. The van der Waals surface area contributed by atoms with Gasteiger partial charge in [0.05, 0.1) is 11.9 Å². The van der Waals surface area contributed by atoms with Gasteiger partial charge in [0.1, 0.15) is 18.4 Å².